The first-order valence-electron chi connectivity index (χ1n) is 4.10. The summed E-state index contributed by atoms with van der Waals surface area (Å²) in [7, 11) is 0. The van der Waals surface area contributed by atoms with Gasteiger partial charge in [-0.05, 0) is 18.0 Å². The first-order chi connectivity index (χ1) is 7.83. The van der Waals surface area contributed by atoms with Gasteiger partial charge in [-0.2, -0.15) is 5.26 Å². The van der Waals surface area contributed by atoms with E-state index in [9.17, 15) is 0 Å². The second-order valence-corrected chi connectivity index (χ2v) is 5.73. The van der Waals surface area contributed by atoms with E-state index in [1.807, 2.05) is 12.3 Å². The van der Waals surface area contributed by atoms with Crippen molar-refractivity contribution < 1.29 is 0 Å². The molecule has 0 radical (unpaired) electrons. The van der Waals surface area contributed by atoms with Gasteiger partial charge in [0, 0.05) is 12.4 Å². The van der Waals surface area contributed by atoms with Gasteiger partial charge in [-0.1, -0.05) is 23.1 Å². The lowest BCUT2D eigenvalue weighted by molar-refractivity contribution is 0.950. The Bertz CT molecular complexity index is 532. The topological polar surface area (TPSA) is 75.3 Å². The van der Waals surface area contributed by atoms with Gasteiger partial charge in [0.25, 0.3) is 0 Å². The van der Waals surface area contributed by atoms with E-state index >= 15 is 0 Å². The third-order valence-corrected chi connectivity index (χ3v) is 4.46. The molecule has 0 spiro atoms. The zero-order valence-electron chi connectivity index (χ0n) is 8.12. The highest BCUT2D eigenvalue weighted by molar-refractivity contribution is 8.03. The van der Waals surface area contributed by atoms with Gasteiger partial charge in [0.15, 0.2) is 14.4 Å². The lowest BCUT2D eigenvalue weighted by atomic mass is 10.5. The Morgan fingerprint density at radius 2 is 2.00 bits per heavy atom. The van der Waals surface area contributed by atoms with Gasteiger partial charge >= 0.3 is 0 Å². The lowest BCUT2D eigenvalue weighted by Crippen LogP contribution is -1.89. The fraction of sp³-hybridized carbons (Fsp3) is 0.125. The van der Waals surface area contributed by atoms with Crippen LogP contribution in [0.25, 0.3) is 0 Å². The number of hydrogen-bond acceptors (Lipinski definition) is 8. The first-order valence-corrected chi connectivity index (χ1v) is 6.95. The number of hydrogen-bond donors (Lipinski definition) is 0. The van der Waals surface area contributed by atoms with Crippen LogP contribution >= 0.6 is 34.9 Å². The summed E-state index contributed by atoms with van der Waals surface area (Å²) in [5, 5.41) is 17.4. The van der Waals surface area contributed by atoms with Crippen LogP contribution in [-0.2, 0) is 0 Å². The molecule has 0 aromatic carbocycles. The summed E-state index contributed by atoms with van der Waals surface area (Å²) in [6.07, 6.45) is 4.99. The third-order valence-electron chi connectivity index (χ3n) is 1.52. The summed E-state index contributed by atoms with van der Waals surface area (Å²) >= 11 is 4.32. The number of nitriles is 1. The predicted molar refractivity (Wildman–Crippen MR) is 62.6 cm³/mol. The number of rotatable bonds is 3. The molecule has 0 atom stereocenters. The summed E-state index contributed by atoms with van der Waals surface area (Å²) in [5.74, 6) is 0. The van der Waals surface area contributed by atoms with Gasteiger partial charge in [0.1, 0.15) is 11.1 Å². The van der Waals surface area contributed by atoms with Crippen LogP contribution in [-0.4, -0.2) is 26.4 Å². The van der Waals surface area contributed by atoms with Crippen molar-refractivity contribution in [3.8, 4) is 6.07 Å². The molecule has 0 N–H and O–H groups in total. The van der Waals surface area contributed by atoms with Gasteiger partial charge in [-0.3, -0.25) is 0 Å². The molecule has 2 rings (SSSR count). The summed E-state index contributed by atoms with van der Waals surface area (Å²) in [6, 6.07) is 1.99. The SMILES string of the molecule is CSc1nnc(Sc2nccnc2C#N)s1. The molecule has 0 amide bonds. The molecule has 0 saturated heterocycles. The Kier molecular flexibility index (Phi) is 3.71. The minimum atomic E-state index is 0.313. The molecule has 80 valence electrons. The van der Waals surface area contributed by atoms with Crippen LogP contribution in [0.3, 0.4) is 0 Å². The molecule has 0 aliphatic rings. The molecule has 0 unspecified atom stereocenters. The van der Waals surface area contributed by atoms with Gasteiger partial charge in [0.2, 0.25) is 0 Å². The van der Waals surface area contributed by atoms with Crippen LogP contribution < -0.4 is 0 Å². The van der Waals surface area contributed by atoms with Crippen LogP contribution in [0.5, 0.6) is 0 Å². The Morgan fingerprint density at radius 3 is 2.69 bits per heavy atom. The molecule has 0 aliphatic carbocycles. The molecule has 0 aliphatic heterocycles. The second-order valence-electron chi connectivity index (χ2n) is 2.46. The third kappa shape index (κ3) is 2.49. The van der Waals surface area contributed by atoms with Crippen molar-refractivity contribution in [1.82, 2.24) is 20.2 Å². The molecular formula is C8H5N5S3. The summed E-state index contributed by atoms with van der Waals surface area (Å²) < 4.78 is 1.66. The number of thioether (sulfide) groups is 1. The van der Waals surface area contributed by atoms with E-state index in [0.717, 1.165) is 8.68 Å². The zero-order valence-corrected chi connectivity index (χ0v) is 10.6. The summed E-state index contributed by atoms with van der Waals surface area (Å²) in [6.45, 7) is 0. The van der Waals surface area contributed by atoms with Crippen molar-refractivity contribution in [1.29, 1.82) is 5.26 Å². The largest absolute Gasteiger partial charge is 0.245 e. The van der Waals surface area contributed by atoms with Crippen LogP contribution in [0.4, 0.5) is 0 Å². The lowest BCUT2D eigenvalue weighted by Gasteiger charge is -1.96. The average Bonchev–Trinajstić information content (AvgIpc) is 2.77. The van der Waals surface area contributed by atoms with Gasteiger partial charge < -0.3 is 0 Å². The van der Waals surface area contributed by atoms with Crippen molar-refractivity contribution in [3.05, 3.63) is 18.1 Å². The predicted octanol–water partition coefficient (Wildman–Crippen LogP) is 2.07. The zero-order chi connectivity index (χ0) is 11.4. The van der Waals surface area contributed by atoms with Gasteiger partial charge in [0.05, 0.1) is 0 Å². The van der Waals surface area contributed by atoms with E-state index in [1.54, 1.807) is 18.0 Å². The smallest absolute Gasteiger partial charge is 0.181 e. The molecule has 2 heterocycles. The monoisotopic (exact) mass is 267 g/mol. The highest BCUT2D eigenvalue weighted by atomic mass is 32.2. The molecular weight excluding hydrogens is 262 g/mol. The summed E-state index contributed by atoms with van der Waals surface area (Å²) in [4.78, 5) is 8.02. The van der Waals surface area contributed by atoms with E-state index in [4.69, 9.17) is 5.26 Å². The van der Waals surface area contributed by atoms with Gasteiger partial charge in [-0.25, -0.2) is 9.97 Å². The van der Waals surface area contributed by atoms with E-state index in [0.29, 0.717) is 10.7 Å². The number of aromatic nitrogens is 4. The molecule has 2 aromatic heterocycles. The molecule has 8 heteroatoms. The quantitative estimate of drug-likeness (QED) is 0.788. The Labute approximate surface area is 104 Å². The van der Waals surface area contributed by atoms with E-state index < -0.39 is 0 Å². The van der Waals surface area contributed by atoms with Crippen LogP contribution in [0.15, 0.2) is 26.1 Å². The van der Waals surface area contributed by atoms with Crippen molar-refractivity contribution >= 4 is 34.9 Å². The van der Waals surface area contributed by atoms with E-state index in [2.05, 4.69) is 20.2 Å². The van der Waals surface area contributed by atoms with Crippen LogP contribution in [0, 0.1) is 11.3 Å². The molecule has 0 fully saturated rings. The standard InChI is InChI=1S/C8H5N5S3/c1-14-7-12-13-8(16-7)15-6-5(4-9)10-2-3-11-6/h2-3H,1H3. The molecule has 0 saturated carbocycles. The highest BCUT2D eigenvalue weighted by Crippen LogP contribution is 2.32. The maximum absolute atomic E-state index is 8.85. The maximum atomic E-state index is 8.85. The minimum Gasteiger partial charge on any atom is -0.245 e. The molecule has 2 aromatic rings. The molecule has 5 nitrogen and oxygen atoms in total. The van der Waals surface area contributed by atoms with Gasteiger partial charge in [-0.15, -0.1) is 10.2 Å². The van der Waals surface area contributed by atoms with E-state index in [1.165, 1.54) is 29.3 Å². The fourth-order valence-corrected chi connectivity index (χ4v) is 3.24. The highest BCUT2D eigenvalue weighted by Gasteiger charge is 2.10. The van der Waals surface area contributed by atoms with Crippen LogP contribution in [0.2, 0.25) is 0 Å². The molecule has 16 heavy (non-hydrogen) atoms. The van der Waals surface area contributed by atoms with Crippen LogP contribution in [0.1, 0.15) is 5.69 Å². The Hall–Kier alpha value is -1.17. The molecule has 0 bridgehead atoms. The minimum absolute atomic E-state index is 0.313. The second kappa shape index (κ2) is 5.25. The Balaban J connectivity index is 2.24. The summed E-state index contributed by atoms with van der Waals surface area (Å²) in [5.41, 5.74) is 0.313. The van der Waals surface area contributed by atoms with E-state index in [-0.39, 0.29) is 0 Å². The van der Waals surface area contributed by atoms with Crippen molar-refractivity contribution in [2.75, 3.05) is 6.26 Å². The average molecular weight is 267 g/mol. The fourth-order valence-electron chi connectivity index (χ4n) is 0.880. The number of nitrogens with zero attached hydrogens (tertiary/aromatic N) is 5. The normalized spacial score (nSPS) is 10.0. The van der Waals surface area contributed by atoms with Crippen molar-refractivity contribution in [2.24, 2.45) is 0 Å². The maximum Gasteiger partial charge on any atom is 0.181 e. The van der Waals surface area contributed by atoms with Crippen molar-refractivity contribution in [2.45, 2.75) is 13.7 Å². The first kappa shape index (κ1) is 11.3. The Morgan fingerprint density at radius 1 is 1.25 bits per heavy atom. The van der Waals surface area contributed by atoms with Crippen molar-refractivity contribution in [3.63, 3.8) is 0 Å².